The van der Waals surface area contributed by atoms with Gasteiger partial charge in [-0.2, -0.15) is 13.2 Å². The molecule has 0 aliphatic heterocycles. The summed E-state index contributed by atoms with van der Waals surface area (Å²) >= 11 is 0. The van der Waals surface area contributed by atoms with Crippen LogP contribution in [0.25, 0.3) is 29.1 Å². The number of carbonyl (C=O) groups is 1. The van der Waals surface area contributed by atoms with Gasteiger partial charge in [-0.3, -0.25) is 14.2 Å². The van der Waals surface area contributed by atoms with Gasteiger partial charge in [-0.15, -0.1) is 0 Å². The maximum Gasteiger partial charge on any atom is 0.405 e. The van der Waals surface area contributed by atoms with Crippen molar-refractivity contribution >= 4 is 23.7 Å². The van der Waals surface area contributed by atoms with Crippen LogP contribution in [0.1, 0.15) is 16.8 Å². The molecule has 0 atom stereocenters. The number of imidazole rings is 1. The van der Waals surface area contributed by atoms with E-state index in [2.05, 4.69) is 9.97 Å². The molecule has 8 heteroatoms. The van der Waals surface area contributed by atoms with Gasteiger partial charge in [0, 0.05) is 18.0 Å². The monoisotopic (exact) mass is 436 g/mol. The maximum absolute atomic E-state index is 12.3. The number of benzene rings is 1. The molecule has 0 spiro atoms. The van der Waals surface area contributed by atoms with Gasteiger partial charge < -0.3 is 5.32 Å². The van der Waals surface area contributed by atoms with Crippen molar-refractivity contribution in [3.63, 3.8) is 0 Å². The average Bonchev–Trinajstić information content (AvgIpc) is 3.20. The van der Waals surface area contributed by atoms with Crippen molar-refractivity contribution in [3.8, 4) is 11.3 Å². The first-order chi connectivity index (χ1) is 15.4. The highest BCUT2D eigenvalue weighted by Gasteiger charge is 2.27. The van der Waals surface area contributed by atoms with Crippen molar-refractivity contribution in [1.29, 1.82) is 0 Å². The van der Waals surface area contributed by atoms with E-state index in [1.807, 2.05) is 64.5 Å². The highest BCUT2D eigenvalue weighted by Crippen LogP contribution is 2.23. The number of alkyl halides is 3. The van der Waals surface area contributed by atoms with Crippen molar-refractivity contribution in [2.24, 2.45) is 0 Å². The van der Waals surface area contributed by atoms with E-state index in [1.165, 1.54) is 0 Å². The van der Waals surface area contributed by atoms with Crippen molar-refractivity contribution in [2.45, 2.75) is 12.6 Å². The van der Waals surface area contributed by atoms with Crippen LogP contribution in [0.4, 0.5) is 13.2 Å². The molecule has 0 unspecified atom stereocenters. The Hall–Kier alpha value is -3.94. The van der Waals surface area contributed by atoms with Crippen LogP contribution >= 0.6 is 0 Å². The van der Waals surface area contributed by atoms with Crippen molar-refractivity contribution in [1.82, 2.24) is 19.7 Å². The molecule has 3 aromatic heterocycles. The molecule has 0 radical (unpaired) electrons. The quantitative estimate of drug-likeness (QED) is 0.473. The minimum Gasteiger partial charge on any atom is -0.347 e. The number of halogens is 3. The molecular weight excluding hydrogens is 417 g/mol. The first-order valence-electron chi connectivity index (χ1n) is 9.86. The third-order valence-electron chi connectivity index (χ3n) is 4.75. The molecule has 5 nitrogen and oxygen atoms in total. The van der Waals surface area contributed by atoms with Gasteiger partial charge in [-0.1, -0.05) is 30.3 Å². The molecule has 32 heavy (non-hydrogen) atoms. The second kappa shape index (κ2) is 9.05. The highest BCUT2D eigenvalue weighted by atomic mass is 19.4. The number of fused-ring (bicyclic) bond motifs is 1. The van der Waals surface area contributed by atoms with Crippen molar-refractivity contribution in [2.75, 3.05) is 6.54 Å². The summed E-state index contributed by atoms with van der Waals surface area (Å²) in [6.07, 6.45) is 4.67. The smallest absolute Gasteiger partial charge is 0.347 e. The Morgan fingerprint density at radius 2 is 1.91 bits per heavy atom. The zero-order valence-corrected chi connectivity index (χ0v) is 16.9. The number of pyridine rings is 2. The molecule has 0 aliphatic carbocycles. The van der Waals surface area contributed by atoms with Crippen LogP contribution < -0.4 is 5.32 Å². The molecule has 0 saturated heterocycles. The maximum atomic E-state index is 12.3. The summed E-state index contributed by atoms with van der Waals surface area (Å²) in [6, 6.07) is 16.7. The van der Waals surface area contributed by atoms with Gasteiger partial charge in [-0.25, -0.2) is 4.98 Å². The Kier molecular flexibility index (Phi) is 6.02. The van der Waals surface area contributed by atoms with E-state index in [0.717, 1.165) is 28.2 Å². The van der Waals surface area contributed by atoms with Gasteiger partial charge in [0.05, 0.1) is 24.0 Å². The first kappa shape index (κ1) is 21.3. The standard InChI is InChI=1S/C24H19F3N4O/c25-24(26,27)16-30-23(32)14-18-4-3-5-19(12-18)21-15-29-22-13-17(9-11-31(21)22)7-8-20-6-1-2-10-28-20/h1-13,15H,14,16H2,(H,30,32)/b8-7+. The molecule has 1 N–H and O–H groups in total. The van der Waals surface area contributed by atoms with Crippen LogP contribution in [0.3, 0.4) is 0 Å². The highest BCUT2D eigenvalue weighted by molar-refractivity contribution is 5.79. The van der Waals surface area contributed by atoms with Crippen LogP contribution in [-0.2, 0) is 11.2 Å². The number of nitrogens with one attached hydrogen (secondary N) is 1. The van der Waals surface area contributed by atoms with E-state index < -0.39 is 18.6 Å². The molecule has 3 heterocycles. The van der Waals surface area contributed by atoms with E-state index in [0.29, 0.717) is 5.56 Å². The van der Waals surface area contributed by atoms with E-state index in [9.17, 15) is 18.0 Å². The van der Waals surface area contributed by atoms with Crippen LogP contribution in [-0.4, -0.2) is 33.0 Å². The average molecular weight is 436 g/mol. The van der Waals surface area contributed by atoms with E-state index >= 15 is 0 Å². The summed E-state index contributed by atoms with van der Waals surface area (Å²) in [7, 11) is 0. The fourth-order valence-electron chi connectivity index (χ4n) is 3.26. The molecule has 0 saturated carbocycles. The predicted molar refractivity (Wildman–Crippen MR) is 117 cm³/mol. The Morgan fingerprint density at radius 3 is 2.69 bits per heavy atom. The summed E-state index contributed by atoms with van der Waals surface area (Å²) in [5.41, 5.74) is 4.82. The molecule has 1 amide bonds. The summed E-state index contributed by atoms with van der Waals surface area (Å²) in [4.78, 5) is 20.6. The van der Waals surface area contributed by atoms with Crippen LogP contribution in [0.2, 0.25) is 0 Å². The number of rotatable bonds is 6. The van der Waals surface area contributed by atoms with Crippen molar-refractivity contribution < 1.29 is 18.0 Å². The lowest BCUT2D eigenvalue weighted by Gasteiger charge is -2.09. The summed E-state index contributed by atoms with van der Waals surface area (Å²) in [6.45, 7) is -1.34. The lowest BCUT2D eigenvalue weighted by atomic mass is 10.1. The molecular formula is C24H19F3N4O. The zero-order chi connectivity index (χ0) is 22.6. The topological polar surface area (TPSA) is 59.3 Å². The molecule has 4 aromatic rings. The zero-order valence-electron chi connectivity index (χ0n) is 16.9. The first-order valence-corrected chi connectivity index (χ1v) is 9.86. The van der Waals surface area contributed by atoms with Gasteiger partial charge in [-0.05, 0) is 47.5 Å². The Balaban J connectivity index is 1.52. The Labute approximate surface area is 182 Å². The van der Waals surface area contributed by atoms with E-state index in [-0.39, 0.29) is 6.42 Å². The van der Waals surface area contributed by atoms with Crippen LogP contribution in [0.15, 0.2) is 73.2 Å². The largest absolute Gasteiger partial charge is 0.405 e. The number of carbonyl (C=O) groups excluding carboxylic acids is 1. The van der Waals surface area contributed by atoms with Gasteiger partial charge in [0.15, 0.2) is 0 Å². The minimum atomic E-state index is -4.43. The molecule has 162 valence electrons. The van der Waals surface area contributed by atoms with Crippen LogP contribution in [0, 0.1) is 0 Å². The van der Waals surface area contributed by atoms with Gasteiger partial charge in [0.1, 0.15) is 12.2 Å². The second-order valence-electron chi connectivity index (χ2n) is 7.19. The predicted octanol–water partition coefficient (Wildman–Crippen LogP) is 4.79. The lowest BCUT2D eigenvalue weighted by molar-refractivity contribution is -0.138. The van der Waals surface area contributed by atoms with Gasteiger partial charge in [0.25, 0.3) is 0 Å². The number of aromatic nitrogens is 3. The van der Waals surface area contributed by atoms with Crippen LogP contribution in [0.5, 0.6) is 0 Å². The van der Waals surface area contributed by atoms with Gasteiger partial charge in [0.2, 0.25) is 5.91 Å². The summed E-state index contributed by atoms with van der Waals surface area (Å²) in [5.74, 6) is -0.679. The second-order valence-corrected chi connectivity index (χ2v) is 7.19. The SMILES string of the molecule is O=C(Cc1cccc(-c2cnc3cc(/C=C/c4ccccn4)ccn23)c1)NCC(F)(F)F. The fourth-order valence-corrected chi connectivity index (χ4v) is 3.26. The van der Waals surface area contributed by atoms with E-state index in [1.54, 1.807) is 30.6 Å². The molecule has 4 rings (SSSR count). The Bertz CT molecular complexity index is 1260. The Morgan fingerprint density at radius 1 is 1.03 bits per heavy atom. The number of hydrogen-bond acceptors (Lipinski definition) is 3. The fraction of sp³-hybridized carbons (Fsp3) is 0.125. The lowest BCUT2D eigenvalue weighted by Crippen LogP contribution is -2.34. The summed E-state index contributed by atoms with van der Waals surface area (Å²) in [5, 5.41) is 1.89. The summed E-state index contributed by atoms with van der Waals surface area (Å²) < 4.78 is 38.8. The third-order valence-corrected chi connectivity index (χ3v) is 4.75. The minimum absolute atomic E-state index is 0.136. The molecule has 0 fully saturated rings. The van der Waals surface area contributed by atoms with E-state index in [4.69, 9.17) is 0 Å². The van der Waals surface area contributed by atoms with Crippen molar-refractivity contribution in [3.05, 3.63) is 90.0 Å². The number of nitrogens with zero attached hydrogens (tertiary/aromatic N) is 3. The number of hydrogen-bond donors (Lipinski definition) is 1. The normalized spacial score (nSPS) is 11.8. The molecule has 0 aliphatic rings. The molecule has 0 bridgehead atoms. The third kappa shape index (κ3) is 5.40. The molecule has 1 aromatic carbocycles. The van der Waals surface area contributed by atoms with Gasteiger partial charge >= 0.3 is 6.18 Å². The number of amides is 1.